The number of carbonyl (C=O) groups is 1. The maximum Gasteiger partial charge on any atom is 0.223 e. The van der Waals surface area contributed by atoms with Gasteiger partial charge >= 0.3 is 0 Å². The first-order valence-electron chi connectivity index (χ1n) is 5.59. The van der Waals surface area contributed by atoms with Crippen molar-refractivity contribution >= 4 is 15.7 Å². The van der Waals surface area contributed by atoms with E-state index in [0.29, 0.717) is 13.0 Å². The van der Waals surface area contributed by atoms with E-state index in [1.807, 2.05) is 0 Å². The molecule has 6 heteroatoms. The molecule has 2 unspecified atom stereocenters. The van der Waals surface area contributed by atoms with E-state index in [0.717, 1.165) is 19.3 Å². The number of nitrogens with one attached hydrogen (secondary N) is 1. The van der Waals surface area contributed by atoms with Crippen LogP contribution in [0.15, 0.2) is 0 Å². The van der Waals surface area contributed by atoms with E-state index >= 15 is 0 Å². The standard InChI is InChI=1S/C10H20N2O3S/c1-16(14,15)6-2-5-12-10(13)8-3-4-9(11)7-8/h8-9H,2-7,11H2,1H3,(H,12,13). The van der Waals surface area contributed by atoms with E-state index in [-0.39, 0.29) is 23.6 Å². The Labute approximate surface area is 96.7 Å². The molecule has 1 saturated carbocycles. The molecule has 16 heavy (non-hydrogen) atoms. The first-order chi connectivity index (χ1) is 7.38. The number of nitrogens with two attached hydrogens (primary N) is 1. The maximum atomic E-state index is 11.6. The second-order valence-electron chi connectivity index (χ2n) is 4.54. The van der Waals surface area contributed by atoms with Gasteiger partial charge < -0.3 is 11.1 Å². The molecule has 0 spiro atoms. The minimum Gasteiger partial charge on any atom is -0.356 e. The molecule has 94 valence electrons. The molecule has 1 aliphatic rings. The highest BCUT2D eigenvalue weighted by atomic mass is 32.2. The average Bonchev–Trinajstić information content (AvgIpc) is 2.57. The Hall–Kier alpha value is -0.620. The molecular formula is C10H20N2O3S. The summed E-state index contributed by atoms with van der Waals surface area (Å²) in [7, 11) is -2.92. The van der Waals surface area contributed by atoms with Crippen molar-refractivity contribution in [3.8, 4) is 0 Å². The molecule has 0 radical (unpaired) electrons. The van der Waals surface area contributed by atoms with Crippen LogP contribution in [-0.4, -0.2) is 38.9 Å². The third kappa shape index (κ3) is 4.94. The van der Waals surface area contributed by atoms with E-state index in [2.05, 4.69) is 5.32 Å². The van der Waals surface area contributed by atoms with E-state index < -0.39 is 9.84 Å². The van der Waals surface area contributed by atoms with E-state index in [4.69, 9.17) is 5.73 Å². The van der Waals surface area contributed by atoms with Gasteiger partial charge in [0.15, 0.2) is 0 Å². The fourth-order valence-electron chi connectivity index (χ4n) is 1.94. The molecule has 3 N–H and O–H groups in total. The molecular weight excluding hydrogens is 228 g/mol. The third-order valence-electron chi connectivity index (χ3n) is 2.84. The summed E-state index contributed by atoms with van der Waals surface area (Å²) in [5, 5.41) is 2.76. The van der Waals surface area contributed by atoms with Crippen molar-refractivity contribution in [2.24, 2.45) is 11.7 Å². The topological polar surface area (TPSA) is 89.3 Å². The molecule has 2 atom stereocenters. The number of rotatable bonds is 5. The number of hydrogen-bond acceptors (Lipinski definition) is 4. The van der Waals surface area contributed by atoms with Gasteiger partial charge in [-0.15, -0.1) is 0 Å². The Bertz CT molecular complexity index is 340. The summed E-state index contributed by atoms with van der Waals surface area (Å²) >= 11 is 0. The van der Waals surface area contributed by atoms with Gasteiger partial charge in [0.2, 0.25) is 5.91 Å². The lowest BCUT2D eigenvalue weighted by atomic mass is 10.1. The van der Waals surface area contributed by atoms with E-state index in [1.165, 1.54) is 6.26 Å². The van der Waals surface area contributed by atoms with Gasteiger partial charge in [-0.05, 0) is 25.7 Å². The zero-order valence-corrected chi connectivity index (χ0v) is 10.4. The van der Waals surface area contributed by atoms with Gasteiger partial charge in [-0.2, -0.15) is 0 Å². The highest BCUT2D eigenvalue weighted by Crippen LogP contribution is 2.23. The van der Waals surface area contributed by atoms with Crippen molar-refractivity contribution in [1.29, 1.82) is 0 Å². The number of sulfone groups is 1. The van der Waals surface area contributed by atoms with Gasteiger partial charge in [-0.1, -0.05) is 0 Å². The van der Waals surface area contributed by atoms with Crippen LogP contribution in [0.5, 0.6) is 0 Å². The molecule has 0 aromatic rings. The van der Waals surface area contributed by atoms with E-state index in [1.54, 1.807) is 0 Å². The van der Waals surface area contributed by atoms with Crippen LogP contribution in [0.25, 0.3) is 0 Å². The van der Waals surface area contributed by atoms with Gasteiger partial charge in [0.25, 0.3) is 0 Å². The lowest BCUT2D eigenvalue weighted by Gasteiger charge is -2.10. The maximum absolute atomic E-state index is 11.6. The highest BCUT2D eigenvalue weighted by Gasteiger charge is 2.27. The zero-order valence-electron chi connectivity index (χ0n) is 9.61. The summed E-state index contributed by atoms with van der Waals surface area (Å²) in [4.78, 5) is 11.6. The molecule has 1 rings (SSSR count). The van der Waals surface area contributed by atoms with Crippen molar-refractivity contribution in [3.63, 3.8) is 0 Å². The van der Waals surface area contributed by atoms with Gasteiger partial charge in [-0.25, -0.2) is 8.42 Å². The molecule has 1 fully saturated rings. The lowest BCUT2D eigenvalue weighted by Crippen LogP contribution is -2.31. The van der Waals surface area contributed by atoms with Crippen LogP contribution in [0.4, 0.5) is 0 Å². The molecule has 0 aromatic carbocycles. The summed E-state index contributed by atoms with van der Waals surface area (Å²) < 4.78 is 21.7. The van der Waals surface area contributed by atoms with Crippen LogP contribution in [-0.2, 0) is 14.6 Å². The Morgan fingerprint density at radius 3 is 2.62 bits per heavy atom. The van der Waals surface area contributed by atoms with Crippen molar-refractivity contribution < 1.29 is 13.2 Å². The van der Waals surface area contributed by atoms with Crippen LogP contribution in [0, 0.1) is 5.92 Å². The second kappa shape index (κ2) is 5.63. The number of hydrogen-bond donors (Lipinski definition) is 2. The van der Waals surface area contributed by atoms with E-state index in [9.17, 15) is 13.2 Å². The second-order valence-corrected chi connectivity index (χ2v) is 6.80. The van der Waals surface area contributed by atoms with Crippen molar-refractivity contribution in [2.75, 3.05) is 18.6 Å². The van der Waals surface area contributed by atoms with Crippen molar-refractivity contribution in [1.82, 2.24) is 5.32 Å². The SMILES string of the molecule is CS(=O)(=O)CCCNC(=O)C1CCC(N)C1. The molecule has 0 aliphatic heterocycles. The van der Waals surface area contributed by atoms with Crippen molar-refractivity contribution in [3.05, 3.63) is 0 Å². The summed E-state index contributed by atoms with van der Waals surface area (Å²) in [6.45, 7) is 0.428. The zero-order chi connectivity index (χ0) is 12.2. The first kappa shape index (κ1) is 13.4. The van der Waals surface area contributed by atoms with Gasteiger partial charge in [0.05, 0.1) is 5.75 Å². The monoisotopic (exact) mass is 248 g/mol. The normalized spacial score (nSPS) is 25.6. The van der Waals surface area contributed by atoms with Crippen LogP contribution in [0.3, 0.4) is 0 Å². The highest BCUT2D eigenvalue weighted by molar-refractivity contribution is 7.90. The molecule has 0 heterocycles. The largest absolute Gasteiger partial charge is 0.356 e. The smallest absolute Gasteiger partial charge is 0.223 e. The fraction of sp³-hybridized carbons (Fsp3) is 0.900. The minimum absolute atomic E-state index is 0.0152. The fourth-order valence-corrected chi connectivity index (χ4v) is 2.61. The molecule has 0 aromatic heterocycles. The molecule has 0 bridgehead atoms. The van der Waals surface area contributed by atoms with Gasteiger partial charge in [0, 0.05) is 24.8 Å². The Morgan fingerprint density at radius 2 is 2.12 bits per heavy atom. The van der Waals surface area contributed by atoms with Crippen LogP contribution >= 0.6 is 0 Å². The summed E-state index contributed by atoms with van der Waals surface area (Å²) in [6.07, 6.45) is 4.17. The summed E-state index contributed by atoms with van der Waals surface area (Å²) in [5.74, 6) is 0.159. The van der Waals surface area contributed by atoms with Crippen molar-refractivity contribution in [2.45, 2.75) is 31.7 Å². The first-order valence-corrected chi connectivity index (χ1v) is 7.65. The van der Waals surface area contributed by atoms with Crippen LogP contribution in [0.1, 0.15) is 25.7 Å². The lowest BCUT2D eigenvalue weighted by molar-refractivity contribution is -0.124. The quantitative estimate of drug-likeness (QED) is 0.652. The van der Waals surface area contributed by atoms with Gasteiger partial charge in [-0.3, -0.25) is 4.79 Å². The Balaban J connectivity index is 2.16. The third-order valence-corrected chi connectivity index (χ3v) is 3.87. The van der Waals surface area contributed by atoms with Gasteiger partial charge in [0.1, 0.15) is 9.84 Å². The molecule has 5 nitrogen and oxygen atoms in total. The molecule has 1 aliphatic carbocycles. The Kier molecular flexibility index (Phi) is 4.73. The minimum atomic E-state index is -2.92. The average molecular weight is 248 g/mol. The molecule has 0 saturated heterocycles. The predicted octanol–water partition coefficient (Wildman–Crippen LogP) is -0.335. The van der Waals surface area contributed by atoms with Crippen LogP contribution < -0.4 is 11.1 Å². The number of amides is 1. The summed E-state index contributed by atoms with van der Waals surface area (Å²) in [6, 6.07) is 0.145. The molecule has 1 amide bonds. The number of carbonyl (C=O) groups excluding carboxylic acids is 1. The Morgan fingerprint density at radius 1 is 1.44 bits per heavy atom. The predicted molar refractivity (Wildman–Crippen MR) is 62.7 cm³/mol. The summed E-state index contributed by atoms with van der Waals surface area (Å²) in [5.41, 5.74) is 5.72. The van der Waals surface area contributed by atoms with Crippen LogP contribution in [0.2, 0.25) is 0 Å².